The first-order valence-corrected chi connectivity index (χ1v) is 10.8. The van der Waals surface area contributed by atoms with Gasteiger partial charge in [0.1, 0.15) is 0 Å². The summed E-state index contributed by atoms with van der Waals surface area (Å²) in [4.78, 5) is 9.58. The van der Waals surface area contributed by atoms with Crippen LogP contribution in [-0.4, -0.2) is 68.1 Å². The highest BCUT2D eigenvalue weighted by Gasteiger charge is 2.20. The first-order valence-electron chi connectivity index (χ1n) is 10.8. The van der Waals surface area contributed by atoms with Gasteiger partial charge in [-0.25, -0.2) is 0 Å². The second kappa shape index (κ2) is 13.4. The van der Waals surface area contributed by atoms with Gasteiger partial charge in [-0.2, -0.15) is 0 Å². The Morgan fingerprint density at radius 2 is 1.64 bits per heavy atom. The van der Waals surface area contributed by atoms with Crippen molar-refractivity contribution in [1.82, 2.24) is 20.4 Å². The summed E-state index contributed by atoms with van der Waals surface area (Å²) in [6.07, 6.45) is 7.87. The van der Waals surface area contributed by atoms with E-state index in [4.69, 9.17) is 0 Å². The summed E-state index contributed by atoms with van der Waals surface area (Å²) >= 11 is 0. The van der Waals surface area contributed by atoms with Gasteiger partial charge in [-0.1, -0.05) is 43.2 Å². The number of guanidine groups is 1. The lowest BCUT2D eigenvalue weighted by Crippen LogP contribution is -2.49. The second-order valence-electron chi connectivity index (χ2n) is 7.94. The predicted octanol–water partition coefficient (Wildman–Crippen LogP) is 3.31. The van der Waals surface area contributed by atoms with E-state index >= 15 is 0 Å². The van der Waals surface area contributed by atoms with E-state index in [0.717, 1.165) is 38.7 Å². The molecule has 3 rings (SSSR count). The van der Waals surface area contributed by atoms with Crippen LogP contribution in [0.1, 0.15) is 44.1 Å². The highest BCUT2D eigenvalue weighted by Crippen LogP contribution is 2.14. The van der Waals surface area contributed by atoms with Gasteiger partial charge in [0.25, 0.3) is 0 Å². The van der Waals surface area contributed by atoms with Gasteiger partial charge >= 0.3 is 0 Å². The Balaban J connectivity index is 0.00000280. The van der Waals surface area contributed by atoms with Crippen molar-refractivity contribution in [3.63, 3.8) is 0 Å². The molecule has 0 atom stereocenters. The molecule has 2 fully saturated rings. The molecule has 0 unspecified atom stereocenters. The number of likely N-dealkylation sites (tertiary alicyclic amines) is 2. The van der Waals surface area contributed by atoms with E-state index in [1.165, 1.54) is 57.2 Å². The summed E-state index contributed by atoms with van der Waals surface area (Å²) in [7, 11) is 1.88. The second-order valence-corrected chi connectivity index (χ2v) is 7.94. The average Bonchev–Trinajstić information content (AvgIpc) is 2.98. The van der Waals surface area contributed by atoms with Crippen LogP contribution in [0.4, 0.5) is 0 Å². The Labute approximate surface area is 188 Å². The zero-order valence-electron chi connectivity index (χ0n) is 17.4. The van der Waals surface area contributed by atoms with Crippen LogP contribution in [0.5, 0.6) is 0 Å². The summed E-state index contributed by atoms with van der Waals surface area (Å²) in [5.74, 6) is 0.964. The minimum atomic E-state index is 0. The van der Waals surface area contributed by atoms with E-state index in [9.17, 15) is 0 Å². The zero-order valence-corrected chi connectivity index (χ0v) is 19.7. The van der Waals surface area contributed by atoms with Gasteiger partial charge < -0.3 is 15.5 Å². The van der Waals surface area contributed by atoms with Crippen LogP contribution >= 0.6 is 24.0 Å². The molecule has 0 aliphatic carbocycles. The summed E-state index contributed by atoms with van der Waals surface area (Å²) in [6.45, 7) is 7.98. The van der Waals surface area contributed by atoms with Gasteiger partial charge in [-0.15, -0.1) is 24.0 Å². The third kappa shape index (κ3) is 8.25. The molecule has 0 spiro atoms. The SMILES string of the molecule is CN=C(NCCN1CCCCCC1)NC1CCN(Cc2ccccc2)CC1.I. The van der Waals surface area contributed by atoms with Gasteiger partial charge in [0, 0.05) is 45.8 Å². The van der Waals surface area contributed by atoms with Gasteiger partial charge in [0.2, 0.25) is 0 Å². The fourth-order valence-electron chi connectivity index (χ4n) is 4.16. The van der Waals surface area contributed by atoms with E-state index in [1.54, 1.807) is 0 Å². The first kappa shape index (κ1) is 23.4. The van der Waals surface area contributed by atoms with Crippen molar-refractivity contribution in [2.75, 3.05) is 46.3 Å². The number of rotatable bonds is 6. The minimum Gasteiger partial charge on any atom is -0.355 e. The van der Waals surface area contributed by atoms with E-state index in [0.29, 0.717) is 6.04 Å². The van der Waals surface area contributed by atoms with Crippen molar-refractivity contribution in [3.8, 4) is 0 Å². The molecule has 28 heavy (non-hydrogen) atoms. The van der Waals surface area contributed by atoms with Crippen molar-refractivity contribution in [1.29, 1.82) is 0 Å². The van der Waals surface area contributed by atoms with Crippen molar-refractivity contribution in [2.24, 2.45) is 4.99 Å². The topological polar surface area (TPSA) is 42.9 Å². The van der Waals surface area contributed by atoms with E-state index in [1.807, 2.05) is 7.05 Å². The smallest absolute Gasteiger partial charge is 0.191 e. The van der Waals surface area contributed by atoms with E-state index in [-0.39, 0.29) is 24.0 Å². The normalized spacial score (nSPS) is 20.2. The molecule has 0 bridgehead atoms. The van der Waals surface area contributed by atoms with Crippen LogP contribution < -0.4 is 10.6 Å². The van der Waals surface area contributed by atoms with Crippen LogP contribution in [-0.2, 0) is 6.54 Å². The number of halogens is 1. The fourth-order valence-corrected chi connectivity index (χ4v) is 4.16. The average molecular weight is 499 g/mol. The Morgan fingerprint density at radius 3 is 2.29 bits per heavy atom. The highest BCUT2D eigenvalue weighted by atomic mass is 127. The lowest BCUT2D eigenvalue weighted by atomic mass is 10.0. The minimum absolute atomic E-state index is 0. The van der Waals surface area contributed by atoms with Crippen LogP contribution in [0.25, 0.3) is 0 Å². The number of nitrogens with one attached hydrogen (secondary N) is 2. The third-order valence-corrected chi connectivity index (χ3v) is 5.82. The summed E-state index contributed by atoms with van der Waals surface area (Å²) in [5.41, 5.74) is 1.41. The lowest BCUT2D eigenvalue weighted by molar-refractivity contribution is 0.198. The molecule has 5 nitrogen and oxygen atoms in total. The molecule has 2 heterocycles. The van der Waals surface area contributed by atoms with Crippen LogP contribution in [0.3, 0.4) is 0 Å². The molecule has 0 amide bonds. The molecule has 1 aromatic carbocycles. The lowest BCUT2D eigenvalue weighted by Gasteiger charge is -2.33. The summed E-state index contributed by atoms with van der Waals surface area (Å²) in [6, 6.07) is 11.3. The Hall–Kier alpha value is -0.860. The van der Waals surface area contributed by atoms with Crippen molar-refractivity contribution < 1.29 is 0 Å². The van der Waals surface area contributed by atoms with Crippen LogP contribution in [0, 0.1) is 0 Å². The van der Waals surface area contributed by atoms with Gasteiger partial charge in [0.15, 0.2) is 5.96 Å². The predicted molar refractivity (Wildman–Crippen MR) is 130 cm³/mol. The molecule has 0 radical (unpaired) electrons. The van der Waals surface area contributed by atoms with Gasteiger partial charge in [-0.05, 0) is 44.3 Å². The first-order chi connectivity index (χ1) is 13.3. The molecule has 0 aromatic heterocycles. The molecule has 2 aliphatic rings. The Kier molecular flexibility index (Phi) is 11.2. The molecule has 0 saturated carbocycles. The molecule has 6 heteroatoms. The molecule has 1 aromatic rings. The van der Waals surface area contributed by atoms with E-state index < -0.39 is 0 Å². The standard InChI is InChI=1S/C22H37N5.HI/c1-23-22(24-13-18-26-14-7-2-3-8-15-26)25-21-11-16-27(17-12-21)19-20-9-5-4-6-10-20;/h4-6,9-10,21H,2-3,7-8,11-19H2,1H3,(H2,23,24,25);1H. The molecular formula is C22H38IN5. The van der Waals surface area contributed by atoms with E-state index in [2.05, 4.69) is 55.8 Å². The van der Waals surface area contributed by atoms with Gasteiger partial charge in [-0.3, -0.25) is 9.89 Å². The number of aliphatic imine (C=N–C) groups is 1. The molecule has 2 N–H and O–H groups in total. The van der Waals surface area contributed by atoms with Crippen LogP contribution in [0.15, 0.2) is 35.3 Å². The quantitative estimate of drug-likeness (QED) is 0.358. The van der Waals surface area contributed by atoms with Crippen LogP contribution in [0.2, 0.25) is 0 Å². The van der Waals surface area contributed by atoms with Crippen molar-refractivity contribution in [2.45, 2.75) is 51.1 Å². The number of hydrogen-bond acceptors (Lipinski definition) is 3. The number of piperidine rings is 1. The molecule has 158 valence electrons. The summed E-state index contributed by atoms with van der Waals surface area (Å²) in [5, 5.41) is 7.15. The van der Waals surface area contributed by atoms with Crippen molar-refractivity contribution >= 4 is 29.9 Å². The maximum absolute atomic E-state index is 4.43. The molecule has 2 saturated heterocycles. The fraction of sp³-hybridized carbons (Fsp3) is 0.682. The largest absolute Gasteiger partial charge is 0.355 e. The Bertz CT molecular complexity index is 549. The number of nitrogens with zero attached hydrogens (tertiary/aromatic N) is 3. The summed E-state index contributed by atoms with van der Waals surface area (Å²) < 4.78 is 0. The molecular weight excluding hydrogens is 461 g/mol. The maximum Gasteiger partial charge on any atom is 0.191 e. The zero-order chi connectivity index (χ0) is 18.7. The molecule has 2 aliphatic heterocycles. The Morgan fingerprint density at radius 1 is 0.964 bits per heavy atom. The third-order valence-electron chi connectivity index (χ3n) is 5.82. The highest BCUT2D eigenvalue weighted by molar-refractivity contribution is 14.0. The van der Waals surface area contributed by atoms with Gasteiger partial charge in [0.05, 0.1) is 0 Å². The van der Waals surface area contributed by atoms with Crippen molar-refractivity contribution in [3.05, 3.63) is 35.9 Å². The monoisotopic (exact) mass is 499 g/mol. The maximum atomic E-state index is 4.43. The number of hydrogen-bond donors (Lipinski definition) is 2. The number of benzene rings is 1.